The van der Waals surface area contributed by atoms with Crippen LogP contribution < -0.4 is 5.32 Å². The van der Waals surface area contributed by atoms with E-state index >= 15 is 0 Å². The van der Waals surface area contributed by atoms with E-state index < -0.39 is 12.1 Å². The van der Waals surface area contributed by atoms with Gasteiger partial charge in [0.25, 0.3) is 0 Å². The Balaban J connectivity index is 3.39. The predicted octanol–water partition coefficient (Wildman–Crippen LogP) is 23.1. The van der Waals surface area contributed by atoms with Crippen LogP contribution in [-0.4, -0.2) is 47.4 Å². The fourth-order valence-electron chi connectivity index (χ4n) is 11.1. The number of esters is 1. The molecular weight excluding hydrogens is 971 g/mol. The topological polar surface area (TPSA) is 95.9 Å². The maximum Gasteiger partial charge on any atom is 0.305 e. The number of unbranched alkanes of at least 4 members (excludes halogenated alkanes) is 52. The molecular formula is C73H139NO5. The smallest absolute Gasteiger partial charge is 0.305 e. The van der Waals surface area contributed by atoms with Crippen LogP contribution in [0.15, 0.2) is 36.5 Å². The van der Waals surface area contributed by atoms with Crippen LogP contribution in [0.2, 0.25) is 0 Å². The van der Waals surface area contributed by atoms with E-state index in [1.165, 1.54) is 321 Å². The van der Waals surface area contributed by atoms with Crippen molar-refractivity contribution in [1.82, 2.24) is 5.32 Å². The van der Waals surface area contributed by atoms with E-state index in [0.29, 0.717) is 19.4 Å². The molecule has 0 heterocycles. The van der Waals surface area contributed by atoms with Gasteiger partial charge < -0.3 is 20.3 Å². The molecule has 2 unspecified atom stereocenters. The van der Waals surface area contributed by atoms with Crippen molar-refractivity contribution in [2.75, 3.05) is 13.2 Å². The Hall–Kier alpha value is -1.92. The largest absolute Gasteiger partial charge is 0.466 e. The van der Waals surface area contributed by atoms with Crippen molar-refractivity contribution in [3.05, 3.63) is 36.5 Å². The molecule has 1 amide bonds. The van der Waals surface area contributed by atoms with Gasteiger partial charge in [0.1, 0.15) is 0 Å². The van der Waals surface area contributed by atoms with E-state index in [4.69, 9.17) is 4.74 Å². The van der Waals surface area contributed by atoms with Crippen LogP contribution in [0, 0.1) is 0 Å². The minimum atomic E-state index is -0.844. The molecule has 6 heteroatoms. The van der Waals surface area contributed by atoms with Crippen LogP contribution in [0.5, 0.6) is 0 Å². The van der Waals surface area contributed by atoms with Gasteiger partial charge >= 0.3 is 5.97 Å². The van der Waals surface area contributed by atoms with Gasteiger partial charge in [0.05, 0.1) is 25.4 Å². The maximum absolute atomic E-state index is 12.5. The summed E-state index contributed by atoms with van der Waals surface area (Å²) in [7, 11) is 0. The van der Waals surface area contributed by atoms with E-state index in [2.05, 4.69) is 43.5 Å². The number of rotatable bonds is 67. The molecule has 0 bridgehead atoms. The zero-order chi connectivity index (χ0) is 57.1. The summed E-state index contributed by atoms with van der Waals surface area (Å²) < 4.78 is 5.47. The molecule has 0 aliphatic carbocycles. The first-order valence-corrected chi connectivity index (χ1v) is 35.8. The molecule has 2 atom stereocenters. The lowest BCUT2D eigenvalue weighted by atomic mass is 10.0. The standard InChI is InChI=1S/C73H139NO5/c1-3-5-7-9-11-13-15-16-17-18-19-33-36-39-42-46-49-53-57-61-65-71(76)70(69-75)74-72(77)66-62-58-54-50-47-43-40-37-34-31-29-27-25-23-21-20-22-24-26-28-30-32-35-38-41-44-48-52-56-60-64-68-79-73(78)67-63-59-55-51-45-14-12-10-8-6-4-2/h10,12,22,24,61,65,70-71,75-76H,3-9,11,13-21,23,25-60,62-64,66-69H2,1-2H3,(H,74,77)/b12-10-,24-22-,65-61+. The summed E-state index contributed by atoms with van der Waals surface area (Å²) >= 11 is 0. The number of aliphatic hydroxyl groups is 2. The second-order valence-corrected chi connectivity index (χ2v) is 24.6. The zero-order valence-corrected chi connectivity index (χ0v) is 53.4. The molecule has 79 heavy (non-hydrogen) atoms. The third kappa shape index (κ3) is 65.1. The summed E-state index contributed by atoms with van der Waals surface area (Å²) in [6.45, 7) is 4.90. The Morgan fingerprint density at radius 1 is 0.342 bits per heavy atom. The fraction of sp³-hybridized carbons (Fsp3) is 0.890. The number of nitrogens with one attached hydrogen (secondary N) is 1. The first kappa shape index (κ1) is 77.1. The minimum absolute atomic E-state index is 0.00653. The van der Waals surface area contributed by atoms with Gasteiger partial charge in [-0.2, -0.15) is 0 Å². The number of carbonyl (C=O) groups is 2. The average Bonchev–Trinajstić information content (AvgIpc) is 3.45. The van der Waals surface area contributed by atoms with Gasteiger partial charge in [-0.1, -0.05) is 339 Å². The number of allylic oxidation sites excluding steroid dienone is 5. The van der Waals surface area contributed by atoms with Gasteiger partial charge in [0.2, 0.25) is 5.91 Å². The quantitative estimate of drug-likeness (QED) is 0.0320. The van der Waals surface area contributed by atoms with Gasteiger partial charge in [-0.05, 0) is 77.0 Å². The third-order valence-corrected chi connectivity index (χ3v) is 16.6. The Morgan fingerprint density at radius 2 is 0.608 bits per heavy atom. The van der Waals surface area contributed by atoms with Crippen LogP contribution >= 0.6 is 0 Å². The number of hydrogen-bond acceptors (Lipinski definition) is 5. The molecule has 0 radical (unpaired) electrons. The molecule has 0 aliphatic rings. The van der Waals surface area contributed by atoms with E-state index in [1.54, 1.807) is 6.08 Å². The summed E-state index contributed by atoms with van der Waals surface area (Å²) in [4.78, 5) is 24.5. The second kappa shape index (κ2) is 68.6. The molecule has 0 aromatic heterocycles. The minimum Gasteiger partial charge on any atom is -0.466 e. The molecule has 0 saturated heterocycles. The van der Waals surface area contributed by atoms with Crippen molar-refractivity contribution in [3.63, 3.8) is 0 Å². The van der Waals surface area contributed by atoms with Crippen LogP contribution in [0.1, 0.15) is 393 Å². The Labute approximate surface area is 494 Å². The summed E-state index contributed by atoms with van der Waals surface area (Å²) in [5, 5.41) is 23.2. The van der Waals surface area contributed by atoms with Gasteiger partial charge in [0.15, 0.2) is 0 Å². The first-order valence-electron chi connectivity index (χ1n) is 35.8. The molecule has 0 aromatic carbocycles. The molecule has 0 saturated carbocycles. The Kier molecular flexibility index (Phi) is 66.9. The maximum atomic E-state index is 12.5. The van der Waals surface area contributed by atoms with Crippen molar-refractivity contribution in [1.29, 1.82) is 0 Å². The summed E-state index contributed by atoms with van der Waals surface area (Å²) in [5.41, 5.74) is 0. The summed E-state index contributed by atoms with van der Waals surface area (Å²) in [6.07, 6.45) is 88.1. The SMILES string of the molecule is CCCC/C=C\CCCCCCCC(=O)OCCCCCCCCCCCCCC/C=C\CCCCCCCCCCCCCCCCCC(=O)NC(CO)C(O)/C=C/CCCCCCCCCCCCCCCCCCCC. The highest BCUT2D eigenvalue weighted by Crippen LogP contribution is 2.18. The highest BCUT2D eigenvalue weighted by atomic mass is 16.5. The fourth-order valence-corrected chi connectivity index (χ4v) is 11.1. The van der Waals surface area contributed by atoms with Gasteiger partial charge in [-0.25, -0.2) is 0 Å². The summed E-state index contributed by atoms with van der Waals surface area (Å²) in [5.74, 6) is -0.0558. The van der Waals surface area contributed by atoms with Gasteiger partial charge in [-0.15, -0.1) is 0 Å². The van der Waals surface area contributed by atoms with Crippen LogP contribution in [0.3, 0.4) is 0 Å². The summed E-state index contributed by atoms with van der Waals surface area (Å²) in [6, 6.07) is -0.627. The van der Waals surface area contributed by atoms with Crippen molar-refractivity contribution in [2.24, 2.45) is 0 Å². The molecule has 466 valence electrons. The molecule has 0 rings (SSSR count). The lowest BCUT2D eigenvalue weighted by molar-refractivity contribution is -0.143. The highest BCUT2D eigenvalue weighted by Gasteiger charge is 2.18. The van der Waals surface area contributed by atoms with Crippen molar-refractivity contribution < 1.29 is 24.5 Å². The number of carbonyl (C=O) groups excluding carboxylic acids is 2. The number of ether oxygens (including phenoxy) is 1. The number of amides is 1. The zero-order valence-electron chi connectivity index (χ0n) is 53.4. The van der Waals surface area contributed by atoms with E-state index in [-0.39, 0.29) is 18.5 Å². The molecule has 0 spiro atoms. The van der Waals surface area contributed by atoms with E-state index in [9.17, 15) is 19.8 Å². The van der Waals surface area contributed by atoms with Crippen LogP contribution in [-0.2, 0) is 14.3 Å². The van der Waals surface area contributed by atoms with Crippen molar-refractivity contribution >= 4 is 11.9 Å². The highest BCUT2D eigenvalue weighted by molar-refractivity contribution is 5.76. The van der Waals surface area contributed by atoms with E-state index in [0.717, 1.165) is 44.9 Å². The van der Waals surface area contributed by atoms with E-state index in [1.807, 2.05) is 6.08 Å². The van der Waals surface area contributed by atoms with Crippen LogP contribution in [0.25, 0.3) is 0 Å². The van der Waals surface area contributed by atoms with Gasteiger partial charge in [0, 0.05) is 12.8 Å². The monoisotopic (exact) mass is 1110 g/mol. The lowest BCUT2D eigenvalue weighted by Gasteiger charge is -2.20. The first-order chi connectivity index (χ1) is 39.0. The van der Waals surface area contributed by atoms with Crippen molar-refractivity contribution in [2.45, 2.75) is 405 Å². The molecule has 0 fully saturated rings. The third-order valence-electron chi connectivity index (χ3n) is 16.6. The molecule has 0 aliphatic heterocycles. The molecule has 0 aromatic rings. The number of aliphatic hydroxyl groups excluding tert-OH is 2. The average molecular weight is 1110 g/mol. The molecule has 3 N–H and O–H groups in total. The molecule has 6 nitrogen and oxygen atoms in total. The Bertz CT molecular complexity index is 1280. The van der Waals surface area contributed by atoms with Crippen LogP contribution in [0.4, 0.5) is 0 Å². The normalized spacial score (nSPS) is 12.7. The second-order valence-electron chi connectivity index (χ2n) is 24.6. The van der Waals surface area contributed by atoms with Gasteiger partial charge in [-0.3, -0.25) is 9.59 Å². The number of hydrogen-bond donors (Lipinski definition) is 3. The predicted molar refractivity (Wildman–Crippen MR) is 347 cm³/mol. The Morgan fingerprint density at radius 3 is 0.937 bits per heavy atom. The van der Waals surface area contributed by atoms with Crippen molar-refractivity contribution in [3.8, 4) is 0 Å². The lowest BCUT2D eigenvalue weighted by Crippen LogP contribution is -2.45.